The van der Waals surface area contributed by atoms with E-state index in [2.05, 4.69) is 15.6 Å². The molecule has 1 fully saturated rings. The molecule has 9 nitrogen and oxygen atoms in total. The van der Waals surface area contributed by atoms with Crippen molar-refractivity contribution in [3.05, 3.63) is 120 Å². The van der Waals surface area contributed by atoms with Crippen LogP contribution in [0.1, 0.15) is 28.8 Å². The van der Waals surface area contributed by atoms with Gasteiger partial charge in [-0.1, -0.05) is 78.9 Å². The molecule has 6 rings (SSSR count). The van der Waals surface area contributed by atoms with Crippen molar-refractivity contribution in [3.63, 3.8) is 0 Å². The third-order valence-electron chi connectivity index (χ3n) is 8.07. The smallest absolute Gasteiger partial charge is 0.260 e. The van der Waals surface area contributed by atoms with Crippen molar-refractivity contribution in [3.8, 4) is 0 Å². The van der Waals surface area contributed by atoms with Crippen molar-refractivity contribution in [2.75, 3.05) is 13.1 Å². The zero-order valence-electron chi connectivity index (χ0n) is 24.4. The van der Waals surface area contributed by atoms with Gasteiger partial charge in [-0.2, -0.15) is 4.31 Å². The van der Waals surface area contributed by atoms with Crippen LogP contribution in [0.2, 0.25) is 0 Å². The highest BCUT2D eigenvalue weighted by Gasteiger charge is 2.34. The lowest BCUT2D eigenvalue weighted by molar-refractivity contribution is -0.128. The van der Waals surface area contributed by atoms with Crippen LogP contribution < -0.4 is 10.6 Å². The van der Waals surface area contributed by atoms with Crippen molar-refractivity contribution in [1.29, 1.82) is 0 Å². The lowest BCUT2D eigenvalue weighted by Crippen LogP contribution is -2.53. The number of nitrogens with one attached hydrogen (secondary N) is 2. The highest BCUT2D eigenvalue weighted by atomic mass is 32.2. The number of rotatable bonds is 8. The first-order valence-electron chi connectivity index (χ1n) is 14.8. The van der Waals surface area contributed by atoms with Gasteiger partial charge in [0.15, 0.2) is 10.8 Å². The molecule has 228 valence electrons. The zero-order valence-corrected chi connectivity index (χ0v) is 25.2. The predicted octanol–water partition coefficient (Wildman–Crippen LogP) is 4.27. The number of sulfonamides is 1. The Balaban J connectivity index is 1.22. The summed E-state index contributed by atoms with van der Waals surface area (Å²) in [4.78, 5) is 44.5. The number of nitrogens with zero attached hydrogens (tertiary/aromatic N) is 2. The van der Waals surface area contributed by atoms with E-state index in [1.807, 2.05) is 72.8 Å². The molecular weight excluding hydrogens is 588 g/mol. The Morgan fingerprint density at radius 1 is 0.844 bits per heavy atom. The molecule has 1 aromatic heterocycles. The third-order valence-corrected chi connectivity index (χ3v) is 9.83. The zero-order chi connectivity index (χ0) is 31.4. The van der Waals surface area contributed by atoms with Crippen molar-refractivity contribution in [2.45, 2.75) is 36.4 Å². The molecule has 1 saturated heterocycles. The first kappa shape index (κ1) is 30.1. The number of amides is 2. The standard InChI is InChI=1S/C35H32N4O5S/c40-32-23-39(45(43,44)33-13-5-6-18-36-33)19-7-12-30(32)37-35(42)31(21-24-14-15-25-8-1-3-10-27(25)20-24)38-34(41)29-17-16-26-9-2-4-11-28(26)22-29/h1-6,8-11,13-18,20,22,30-31H,7,12,19,21,23H2,(H,37,42)(H,38,41). The van der Waals surface area contributed by atoms with E-state index >= 15 is 0 Å². The minimum Gasteiger partial charge on any atom is -0.344 e. The second-order valence-corrected chi connectivity index (χ2v) is 13.0. The summed E-state index contributed by atoms with van der Waals surface area (Å²) >= 11 is 0. The number of benzene rings is 4. The van der Waals surface area contributed by atoms with E-state index in [1.165, 1.54) is 12.3 Å². The summed E-state index contributed by atoms with van der Waals surface area (Å²) in [6.45, 7) is -0.265. The topological polar surface area (TPSA) is 126 Å². The fraction of sp³-hybridized carbons (Fsp3) is 0.200. The summed E-state index contributed by atoms with van der Waals surface area (Å²) in [5.41, 5.74) is 1.25. The van der Waals surface area contributed by atoms with E-state index in [1.54, 1.807) is 24.3 Å². The van der Waals surface area contributed by atoms with Crippen LogP contribution in [0, 0.1) is 0 Å². The minimum absolute atomic E-state index is 0.121. The normalized spacial score (nSPS) is 16.6. The van der Waals surface area contributed by atoms with Crippen LogP contribution in [0.5, 0.6) is 0 Å². The maximum atomic E-state index is 13.8. The van der Waals surface area contributed by atoms with E-state index < -0.39 is 39.7 Å². The number of pyridine rings is 1. The fourth-order valence-corrected chi connectivity index (χ4v) is 7.02. The van der Waals surface area contributed by atoms with E-state index in [0.29, 0.717) is 12.0 Å². The summed E-state index contributed by atoms with van der Waals surface area (Å²) < 4.78 is 27.4. The summed E-state index contributed by atoms with van der Waals surface area (Å²) in [6, 6.07) is 29.5. The second kappa shape index (κ2) is 13.0. The molecule has 45 heavy (non-hydrogen) atoms. The van der Waals surface area contributed by atoms with Crippen LogP contribution in [0.15, 0.2) is 114 Å². The maximum absolute atomic E-state index is 13.8. The Morgan fingerprint density at radius 3 is 2.22 bits per heavy atom. The average molecular weight is 621 g/mol. The van der Waals surface area contributed by atoms with Gasteiger partial charge in [0, 0.05) is 24.7 Å². The Hall–Kier alpha value is -4.93. The Kier molecular flexibility index (Phi) is 8.68. The molecule has 0 saturated carbocycles. The lowest BCUT2D eigenvalue weighted by Gasteiger charge is -2.23. The average Bonchev–Trinajstić information content (AvgIpc) is 3.25. The van der Waals surface area contributed by atoms with Gasteiger partial charge in [-0.3, -0.25) is 14.4 Å². The minimum atomic E-state index is -3.98. The molecule has 2 heterocycles. The molecule has 0 spiro atoms. The van der Waals surface area contributed by atoms with Crippen LogP contribution >= 0.6 is 0 Å². The van der Waals surface area contributed by atoms with Gasteiger partial charge in [-0.25, -0.2) is 13.4 Å². The molecule has 2 atom stereocenters. The summed E-state index contributed by atoms with van der Waals surface area (Å²) in [5, 5.41) is 9.53. The molecule has 10 heteroatoms. The van der Waals surface area contributed by atoms with Crippen molar-refractivity contribution < 1.29 is 22.8 Å². The number of hydrogen-bond acceptors (Lipinski definition) is 6. The molecule has 2 unspecified atom stereocenters. The molecule has 5 aromatic rings. The quantitative estimate of drug-likeness (QED) is 0.267. The molecular formula is C35H32N4O5S. The van der Waals surface area contributed by atoms with Gasteiger partial charge in [0.2, 0.25) is 5.91 Å². The second-order valence-electron chi connectivity index (χ2n) is 11.1. The number of carbonyl (C=O) groups is 3. The number of aromatic nitrogens is 1. The third kappa shape index (κ3) is 6.77. The van der Waals surface area contributed by atoms with Crippen molar-refractivity contribution in [2.24, 2.45) is 0 Å². The van der Waals surface area contributed by atoms with Crippen molar-refractivity contribution >= 4 is 49.2 Å². The van der Waals surface area contributed by atoms with Crippen LogP contribution in [0.4, 0.5) is 0 Å². The van der Waals surface area contributed by atoms with Crippen molar-refractivity contribution in [1.82, 2.24) is 19.9 Å². The molecule has 0 bridgehead atoms. The highest BCUT2D eigenvalue weighted by molar-refractivity contribution is 7.89. The fourth-order valence-electron chi connectivity index (χ4n) is 5.64. The van der Waals surface area contributed by atoms with Gasteiger partial charge in [0.1, 0.15) is 6.04 Å². The van der Waals surface area contributed by atoms with Crippen LogP contribution in [0.25, 0.3) is 21.5 Å². The Morgan fingerprint density at radius 2 is 1.51 bits per heavy atom. The van der Waals surface area contributed by atoms with E-state index in [4.69, 9.17) is 0 Å². The van der Waals surface area contributed by atoms with Gasteiger partial charge in [0.25, 0.3) is 15.9 Å². The number of fused-ring (bicyclic) bond motifs is 2. The van der Waals surface area contributed by atoms with Gasteiger partial charge < -0.3 is 10.6 Å². The maximum Gasteiger partial charge on any atom is 0.260 e. The number of Topliss-reactive ketones (excluding diaryl/α,β-unsaturated/α-hetero) is 1. The molecule has 2 N–H and O–H groups in total. The van der Waals surface area contributed by atoms with E-state index in [9.17, 15) is 22.8 Å². The van der Waals surface area contributed by atoms with E-state index in [0.717, 1.165) is 31.4 Å². The molecule has 0 radical (unpaired) electrons. The van der Waals surface area contributed by atoms with E-state index in [-0.39, 0.29) is 31.0 Å². The molecule has 0 aliphatic carbocycles. The SMILES string of the molecule is O=C(NC(Cc1ccc2ccccc2c1)C(=O)NC1CCCN(S(=O)(=O)c2ccccn2)CC1=O)c1ccc2ccccc2c1. The predicted molar refractivity (Wildman–Crippen MR) is 172 cm³/mol. The molecule has 4 aromatic carbocycles. The van der Waals surface area contributed by atoms with Crippen LogP contribution in [-0.4, -0.2) is 60.5 Å². The number of carbonyl (C=O) groups excluding carboxylic acids is 3. The number of hydrogen-bond donors (Lipinski definition) is 2. The van der Waals surface area contributed by atoms with Gasteiger partial charge in [-0.05, 0) is 64.2 Å². The first-order chi connectivity index (χ1) is 21.8. The monoisotopic (exact) mass is 620 g/mol. The van der Waals surface area contributed by atoms with Gasteiger partial charge >= 0.3 is 0 Å². The highest BCUT2D eigenvalue weighted by Crippen LogP contribution is 2.20. The summed E-state index contributed by atoms with van der Waals surface area (Å²) in [5.74, 6) is -1.36. The summed E-state index contributed by atoms with van der Waals surface area (Å²) in [6.07, 6.45) is 2.20. The van der Waals surface area contributed by atoms with Gasteiger partial charge in [0.05, 0.1) is 12.6 Å². The molecule has 1 aliphatic heterocycles. The largest absolute Gasteiger partial charge is 0.344 e. The molecule has 2 amide bonds. The van der Waals surface area contributed by atoms with Gasteiger partial charge in [-0.15, -0.1) is 0 Å². The number of ketones is 1. The summed E-state index contributed by atoms with van der Waals surface area (Å²) in [7, 11) is -3.98. The Labute approximate surface area is 261 Å². The van der Waals surface area contributed by atoms with Crippen LogP contribution in [0.3, 0.4) is 0 Å². The van der Waals surface area contributed by atoms with Crippen LogP contribution in [-0.2, 0) is 26.0 Å². The Bertz CT molecular complexity index is 2000. The molecule has 1 aliphatic rings. The lowest BCUT2D eigenvalue weighted by atomic mass is 9.99. The first-order valence-corrected chi connectivity index (χ1v) is 16.2.